The number of hydrogen-bond donors (Lipinski definition) is 1. The van der Waals surface area contributed by atoms with E-state index < -0.39 is 0 Å². The van der Waals surface area contributed by atoms with E-state index in [4.69, 9.17) is 9.72 Å². The van der Waals surface area contributed by atoms with Gasteiger partial charge in [0.1, 0.15) is 11.6 Å². The fourth-order valence-electron chi connectivity index (χ4n) is 3.34. The summed E-state index contributed by atoms with van der Waals surface area (Å²) in [4.78, 5) is 16.9. The summed E-state index contributed by atoms with van der Waals surface area (Å²) >= 11 is 0. The molecule has 0 spiro atoms. The lowest BCUT2D eigenvalue weighted by Gasteiger charge is -2.13. The molecule has 2 aromatic carbocycles. The molecule has 0 radical (unpaired) electrons. The van der Waals surface area contributed by atoms with Crippen molar-refractivity contribution in [3.05, 3.63) is 66.0 Å². The number of imidazole rings is 1. The maximum Gasteiger partial charge on any atom is 0.244 e. The van der Waals surface area contributed by atoms with Crippen LogP contribution < -0.4 is 10.1 Å². The van der Waals surface area contributed by atoms with Crippen LogP contribution in [0.15, 0.2) is 54.6 Å². The van der Waals surface area contributed by atoms with Crippen LogP contribution in [0.25, 0.3) is 17.1 Å². The van der Waals surface area contributed by atoms with Crippen molar-refractivity contribution < 1.29 is 9.53 Å². The lowest BCUT2D eigenvalue weighted by Crippen LogP contribution is -2.24. The van der Waals surface area contributed by atoms with Crippen LogP contribution in [0, 0.1) is 0 Å². The first kappa shape index (κ1) is 20.6. The quantitative estimate of drug-likeness (QED) is 0.563. The molecule has 0 aliphatic carbocycles. The number of para-hydroxylation sites is 2. The van der Waals surface area contributed by atoms with E-state index in [1.807, 2.05) is 56.3 Å². The average molecular weight is 392 g/mol. The summed E-state index contributed by atoms with van der Waals surface area (Å²) in [6.07, 6.45) is 4.16. The third-order valence-electron chi connectivity index (χ3n) is 4.49. The molecule has 1 aromatic heterocycles. The Labute approximate surface area is 172 Å². The number of aromatic nitrogens is 2. The Morgan fingerprint density at radius 3 is 2.69 bits per heavy atom. The van der Waals surface area contributed by atoms with Gasteiger partial charge in [-0.2, -0.15) is 0 Å². The number of benzene rings is 2. The third kappa shape index (κ3) is 5.47. The zero-order valence-corrected chi connectivity index (χ0v) is 17.6. The zero-order chi connectivity index (χ0) is 20.8. The first-order valence-corrected chi connectivity index (χ1v) is 10.1. The molecule has 0 atom stereocenters. The molecule has 0 saturated carbocycles. The molecule has 1 heterocycles. The van der Waals surface area contributed by atoms with Gasteiger partial charge in [-0.1, -0.05) is 24.3 Å². The Morgan fingerprint density at radius 2 is 1.93 bits per heavy atom. The van der Waals surface area contributed by atoms with Crippen molar-refractivity contribution in [1.29, 1.82) is 0 Å². The Morgan fingerprint density at radius 1 is 1.14 bits per heavy atom. The highest BCUT2D eigenvalue weighted by atomic mass is 16.5. The first-order chi connectivity index (χ1) is 13.9. The van der Waals surface area contributed by atoms with Gasteiger partial charge in [0, 0.05) is 25.1 Å². The minimum Gasteiger partial charge on any atom is -0.491 e. The molecule has 152 valence electrons. The monoisotopic (exact) mass is 391 g/mol. The maximum atomic E-state index is 12.2. The lowest BCUT2D eigenvalue weighted by atomic mass is 10.2. The molecule has 5 nitrogen and oxygen atoms in total. The largest absolute Gasteiger partial charge is 0.491 e. The van der Waals surface area contributed by atoms with Gasteiger partial charge in [-0.05, 0) is 63.6 Å². The van der Waals surface area contributed by atoms with E-state index in [-0.39, 0.29) is 12.0 Å². The van der Waals surface area contributed by atoms with Crippen molar-refractivity contribution in [3.8, 4) is 5.75 Å². The van der Waals surface area contributed by atoms with E-state index in [1.54, 1.807) is 12.2 Å². The molecular weight excluding hydrogens is 362 g/mol. The summed E-state index contributed by atoms with van der Waals surface area (Å²) in [5, 5.41) is 2.95. The molecule has 0 aliphatic rings. The lowest BCUT2D eigenvalue weighted by molar-refractivity contribution is -0.116. The van der Waals surface area contributed by atoms with Crippen molar-refractivity contribution in [1.82, 2.24) is 14.9 Å². The van der Waals surface area contributed by atoms with Gasteiger partial charge >= 0.3 is 0 Å². The normalized spacial score (nSPS) is 11.7. The molecule has 5 heteroatoms. The van der Waals surface area contributed by atoms with Crippen molar-refractivity contribution in [3.63, 3.8) is 0 Å². The Balaban J connectivity index is 1.59. The Hall–Kier alpha value is -3.08. The Bertz CT molecular complexity index is 1000. The Kier molecular flexibility index (Phi) is 6.70. The maximum absolute atomic E-state index is 12.2. The fraction of sp³-hybridized carbons (Fsp3) is 0.333. The van der Waals surface area contributed by atoms with E-state index in [2.05, 4.69) is 29.8 Å². The second kappa shape index (κ2) is 9.41. The smallest absolute Gasteiger partial charge is 0.244 e. The van der Waals surface area contributed by atoms with Crippen LogP contribution in [0.3, 0.4) is 0 Å². The molecule has 0 aliphatic heterocycles. The summed E-state index contributed by atoms with van der Waals surface area (Å²) in [6.45, 7) is 8.81. The van der Waals surface area contributed by atoms with Crippen molar-refractivity contribution in [2.75, 3.05) is 6.54 Å². The van der Waals surface area contributed by atoms with Crippen LogP contribution in [0.1, 0.15) is 45.1 Å². The van der Waals surface area contributed by atoms with Gasteiger partial charge in [-0.15, -0.1) is 0 Å². The molecule has 0 fully saturated rings. The zero-order valence-electron chi connectivity index (χ0n) is 17.6. The molecule has 1 N–H and O–H groups in total. The molecule has 29 heavy (non-hydrogen) atoms. The second-order valence-electron chi connectivity index (χ2n) is 7.59. The van der Waals surface area contributed by atoms with Crippen molar-refractivity contribution >= 4 is 23.0 Å². The van der Waals surface area contributed by atoms with Crippen LogP contribution in [-0.2, 0) is 11.2 Å². The van der Waals surface area contributed by atoms with E-state index in [9.17, 15) is 4.79 Å². The van der Waals surface area contributed by atoms with Gasteiger partial charge in [0.15, 0.2) is 0 Å². The topological polar surface area (TPSA) is 56.1 Å². The predicted molar refractivity (Wildman–Crippen MR) is 118 cm³/mol. The van der Waals surface area contributed by atoms with Gasteiger partial charge in [-0.3, -0.25) is 4.79 Å². The number of ether oxygens (including phenoxy) is 1. The highest BCUT2D eigenvalue weighted by Gasteiger charge is 2.12. The fourth-order valence-corrected chi connectivity index (χ4v) is 3.34. The molecule has 1 amide bonds. The minimum absolute atomic E-state index is 0.118. The van der Waals surface area contributed by atoms with E-state index in [0.717, 1.165) is 28.2 Å². The van der Waals surface area contributed by atoms with Crippen molar-refractivity contribution in [2.45, 2.75) is 46.3 Å². The van der Waals surface area contributed by atoms with E-state index >= 15 is 0 Å². The number of nitrogens with one attached hydrogen (secondary N) is 1. The molecule has 3 rings (SSSR count). The first-order valence-electron chi connectivity index (χ1n) is 10.1. The number of nitrogens with zero attached hydrogens (tertiary/aromatic N) is 2. The SMILES string of the molecule is CC(C)Oc1cccc(/C=C/C(=O)NCCc2nc3ccccc3n2C(C)C)c1. The average Bonchev–Trinajstić information content (AvgIpc) is 3.04. The molecule has 0 unspecified atom stereocenters. The highest BCUT2D eigenvalue weighted by molar-refractivity contribution is 5.91. The van der Waals surface area contributed by atoms with Gasteiger partial charge in [0.05, 0.1) is 17.1 Å². The predicted octanol–water partition coefficient (Wildman–Crippen LogP) is 4.78. The number of carbonyl (C=O) groups excluding carboxylic acids is 1. The van der Waals surface area contributed by atoms with Gasteiger partial charge < -0.3 is 14.6 Å². The summed E-state index contributed by atoms with van der Waals surface area (Å²) in [7, 11) is 0. The van der Waals surface area contributed by atoms with Crippen LogP contribution >= 0.6 is 0 Å². The third-order valence-corrected chi connectivity index (χ3v) is 4.49. The number of amides is 1. The summed E-state index contributed by atoms with van der Waals surface area (Å²) < 4.78 is 7.92. The number of hydrogen-bond acceptors (Lipinski definition) is 3. The minimum atomic E-state index is -0.118. The van der Waals surface area contributed by atoms with Crippen LogP contribution in [0.5, 0.6) is 5.75 Å². The van der Waals surface area contributed by atoms with Crippen LogP contribution in [0.4, 0.5) is 0 Å². The summed E-state index contributed by atoms with van der Waals surface area (Å²) in [5.41, 5.74) is 3.05. The van der Waals surface area contributed by atoms with Crippen molar-refractivity contribution in [2.24, 2.45) is 0 Å². The van der Waals surface area contributed by atoms with Gasteiger partial charge in [0.25, 0.3) is 0 Å². The standard InChI is InChI=1S/C24H29N3O2/c1-17(2)27-22-11-6-5-10-21(22)26-23(27)14-15-25-24(28)13-12-19-8-7-9-20(16-19)29-18(3)4/h5-13,16-18H,14-15H2,1-4H3,(H,25,28)/b13-12+. The molecule has 0 saturated heterocycles. The molecule has 3 aromatic rings. The van der Waals surface area contributed by atoms with Gasteiger partial charge in [-0.25, -0.2) is 4.98 Å². The summed E-state index contributed by atoms with van der Waals surface area (Å²) in [6, 6.07) is 16.2. The van der Waals surface area contributed by atoms with E-state index in [0.29, 0.717) is 19.0 Å². The number of carbonyl (C=O) groups is 1. The number of rotatable bonds is 8. The highest BCUT2D eigenvalue weighted by Crippen LogP contribution is 2.21. The van der Waals surface area contributed by atoms with Crippen LogP contribution in [0.2, 0.25) is 0 Å². The van der Waals surface area contributed by atoms with Crippen LogP contribution in [-0.4, -0.2) is 28.1 Å². The number of fused-ring (bicyclic) bond motifs is 1. The summed E-state index contributed by atoms with van der Waals surface area (Å²) in [5.74, 6) is 1.67. The van der Waals surface area contributed by atoms with E-state index in [1.165, 1.54) is 0 Å². The van der Waals surface area contributed by atoms with Gasteiger partial charge in [0.2, 0.25) is 5.91 Å². The second-order valence-corrected chi connectivity index (χ2v) is 7.59. The molecule has 0 bridgehead atoms. The molecular formula is C24H29N3O2.